The van der Waals surface area contributed by atoms with E-state index in [1.807, 2.05) is 30.3 Å². The van der Waals surface area contributed by atoms with Crippen LogP contribution in [0.3, 0.4) is 0 Å². The summed E-state index contributed by atoms with van der Waals surface area (Å²) >= 11 is 0. The quantitative estimate of drug-likeness (QED) is 0.596. The molecular formula is C16H24N2O3. The predicted octanol–water partition coefficient (Wildman–Crippen LogP) is 1.14. The first-order valence-corrected chi connectivity index (χ1v) is 7.23. The standard InChI is InChI=1S/C16H24N2O3/c1-13(20)18-16(15(17)21,10-5-6-12-19)11-9-14-7-3-2-4-8-14/h2-4,7-8,19H,5-6,9-12H2,1H3,(H2,17,21)(H,18,20). The minimum absolute atomic E-state index is 0.0631. The fourth-order valence-electron chi connectivity index (χ4n) is 2.44. The summed E-state index contributed by atoms with van der Waals surface area (Å²) in [4.78, 5) is 23.4. The Morgan fingerprint density at radius 1 is 1.19 bits per heavy atom. The number of aliphatic hydroxyl groups excluding tert-OH is 1. The van der Waals surface area contributed by atoms with Gasteiger partial charge in [0.15, 0.2) is 0 Å². The van der Waals surface area contributed by atoms with Gasteiger partial charge in [-0.1, -0.05) is 30.3 Å². The summed E-state index contributed by atoms with van der Waals surface area (Å²) in [5, 5.41) is 11.6. The van der Waals surface area contributed by atoms with Gasteiger partial charge in [-0.05, 0) is 37.7 Å². The van der Waals surface area contributed by atoms with Crippen molar-refractivity contribution in [2.75, 3.05) is 6.61 Å². The van der Waals surface area contributed by atoms with Crippen LogP contribution in [0.2, 0.25) is 0 Å². The van der Waals surface area contributed by atoms with E-state index < -0.39 is 11.4 Å². The molecule has 0 aromatic heterocycles. The van der Waals surface area contributed by atoms with Gasteiger partial charge in [-0.3, -0.25) is 9.59 Å². The van der Waals surface area contributed by atoms with Crippen molar-refractivity contribution in [1.82, 2.24) is 5.32 Å². The Morgan fingerprint density at radius 3 is 2.38 bits per heavy atom. The van der Waals surface area contributed by atoms with E-state index in [2.05, 4.69) is 5.32 Å². The molecule has 0 spiro atoms. The van der Waals surface area contributed by atoms with Crippen LogP contribution in [0.1, 0.15) is 38.2 Å². The minimum atomic E-state index is -1.04. The highest BCUT2D eigenvalue weighted by molar-refractivity contribution is 5.89. The Hall–Kier alpha value is -1.88. The van der Waals surface area contributed by atoms with Gasteiger partial charge in [-0.15, -0.1) is 0 Å². The highest BCUT2D eigenvalue weighted by atomic mass is 16.3. The van der Waals surface area contributed by atoms with Crippen LogP contribution >= 0.6 is 0 Å². The lowest BCUT2D eigenvalue weighted by Crippen LogP contribution is -2.57. The molecule has 0 bridgehead atoms. The fourth-order valence-corrected chi connectivity index (χ4v) is 2.44. The molecular weight excluding hydrogens is 268 g/mol. The first kappa shape index (κ1) is 17.2. The molecule has 1 rings (SSSR count). The second kappa shape index (κ2) is 8.42. The number of primary amides is 1. The van der Waals surface area contributed by atoms with Crippen molar-refractivity contribution in [3.8, 4) is 0 Å². The number of nitrogens with one attached hydrogen (secondary N) is 1. The van der Waals surface area contributed by atoms with E-state index in [4.69, 9.17) is 10.8 Å². The van der Waals surface area contributed by atoms with Gasteiger partial charge >= 0.3 is 0 Å². The summed E-state index contributed by atoms with van der Waals surface area (Å²) in [6.07, 6.45) is 2.77. The van der Waals surface area contributed by atoms with Crippen molar-refractivity contribution in [3.05, 3.63) is 35.9 Å². The normalized spacial score (nSPS) is 13.4. The largest absolute Gasteiger partial charge is 0.396 e. The summed E-state index contributed by atoms with van der Waals surface area (Å²) < 4.78 is 0. The van der Waals surface area contributed by atoms with Gasteiger partial charge in [-0.25, -0.2) is 0 Å². The molecule has 0 aliphatic heterocycles. The summed E-state index contributed by atoms with van der Waals surface area (Å²) in [5.74, 6) is -0.794. The number of aliphatic hydroxyl groups is 1. The van der Waals surface area contributed by atoms with Crippen LogP contribution in [0, 0.1) is 0 Å². The average Bonchev–Trinajstić information content (AvgIpc) is 2.45. The maximum absolute atomic E-state index is 11.9. The smallest absolute Gasteiger partial charge is 0.243 e. The molecule has 1 unspecified atom stereocenters. The zero-order valence-corrected chi connectivity index (χ0v) is 12.5. The van der Waals surface area contributed by atoms with Gasteiger partial charge in [0.25, 0.3) is 0 Å². The SMILES string of the molecule is CC(=O)NC(CCCCO)(CCc1ccccc1)C(N)=O. The molecule has 0 heterocycles. The molecule has 0 saturated carbocycles. The molecule has 0 fully saturated rings. The van der Waals surface area contributed by atoms with Crippen molar-refractivity contribution in [3.63, 3.8) is 0 Å². The number of hydrogen-bond donors (Lipinski definition) is 3. The number of aryl methyl sites for hydroxylation is 1. The second-order valence-corrected chi connectivity index (χ2v) is 5.29. The summed E-state index contributed by atoms with van der Waals surface area (Å²) in [6.45, 7) is 1.44. The minimum Gasteiger partial charge on any atom is -0.396 e. The highest BCUT2D eigenvalue weighted by Crippen LogP contribution is 2.21. The van der Waals surface area contributed by atoms with Gasteiger partial charge in [0.1, 0.15) is 5.54 Å². The number of nitrogens with two attached hydrogens (primary N) is 1. The Balaban J connectivity index is 2.81. The zero-order chi connectivity index (χ0) is 15.7. The maximum Gasteiger partial charge on any atom is 0.243 e. The number of hydrogen-bond acceptors (Lipinski definition) is 3. The molecule has 5 nitrogen and oxygen atoms in total. The van der Waals surface area contributed by atoms with E-state index in [0.717, 1.165) is 5.56 Å². The molecule has 0 saturated heterocycles. The maximum atomic E-state index is 11.9. The van der Waals surface area contributed by atoms with Gasteiger partial charge in [0, 0.05) is 13.5 Å². The number of carbonyl (C=O) groups excluding carboxylic acids is 2. The van der Waals surface area contributed by atoms with Crippen LogP contribution in [-0.2, 0) is 16.0 Å². The lowest BCUT2D eigenvalue weighted by atomic mass is 9.85. The summed E-state index contributed by atoms with van der Waals surface area (Å²) in [5.41, 5.74) is 5.60. The second-order valence-electron chi connectivity index (χ2n) is 5.29. The number of unbranched alkanes of at least 4 members (excludes halogenated alkanes) is 1. The summed E-state index contributed by atoms with van der Waals surface area (Å²) in [6, 6.07) is 9.76. The Kier molecular flexibility index (Phi) is 6.88. The molecule has 1 atom stereocenters. The Morgan fingerprint density at radius 2 is 1.86 bits per heavy atom. The Labute approximate surface area is 125 Å². The van der Waals surface area contributed by atoms with E-state index in [1.54, 1.807) is 0 Å². The fraction of sp³-hybridized carbons (Fsp3) is 0.500. The van der Waals surface area contributed by atoms with E-state index in [0.29, 0.717) is 32.1 Å². The van der Waals surface area contributed by atoms with Gasteiger partial charge in [0.05, 0.1) is 0 Å². The van der Waals surface area contributed by atoms with Gasteiger partial charge in [-0.2, -0.15) is 0 Å². The van der Waals surface area contributed by atoms with Crippen LogP contribution < -0.4 is 11.1 Å². The van der Waals surface area contributed by atoms with Crippen LogP contribution in [0.5, 0.6) is 0 Å². The molecule has 0 aliphatic rings. The van der Waals surface area contributed by atoms with Crippen molar-refractivity contribution in [2.45, 2.75) is 44.6 Å². The number of rotatable bonds is 9. The molecule has 116 valence electrons. The molecule has 2 amide bonds. The lowest BCUT2D eigenvalue weighted by Gasteiger charge is -2.31. The van der Waals surface area contributed by atoms with Crippen LogP contribution in [-0.4, -0.2) is 29.1 Å². The van der Waals surface area contributed by atoms with Crippen LogP contribution in [0.4, 0.5) is 0 Å². The first-order chi connectivity index (χ1) is 10.00. The summed E-state index contributed by atoms with van der Waals surface area (Å²) in [7, 11) is 0. The molecule has 1 aromatic carbocycles. The van der Waals surface area contributed by atoms with E-state index in [9.17, 15) is 9.59 Å². The van der Waals surface area contributed by atoms with Crippen LogP contribution in [0.25, 0.3) is 0 Å². The third kappa shape index (κ3) is 5.55. The average molecular weight is 292 g/mol. The predicted molar refractivity (Wildman–Crippen MR) is 81.4 cm³/mol. The molecule has 4 N–H and O–H groups in total. The van der Waals surface area contributed by atoms with Crippen molar-refractivity contribution >= 4 is 11.8 Å². The third-order valence-corrected chi connectivity index (χ3v) is 3.58. The zero-order valence-electron chi connectivity index (χ0n) is 12.5. The molecule has 0 aliphatic carbocycles. The van der Waals surface area contributed by atoms with Gasteiger partial charge < -0.3 is 16.2 Å². The first-order valence-electron chi connectivity index (χ1n) is 7.23. The van der Waals surface area contributed by atoms with Gasteiger partial charge in [0.2, 0.25) is 11.8 Å². The van der Waals surface area contributed by atoms with Crippen molar-refractivity contribution in [2.24, 2.45) is 5.73 Å². The van der Waals surface area contributed by atoms with Crippen LogP contribution in [0.15, 0.2) is 30.3 Å². The monoisotopic (exact) mass is 292 g/mol. The Bertz CT molecular complexity index is 462. The number of amides is 2. The van der Waals surface area contributed by atoms with E-state index in [1.165, 1.54) is 6.92 Å². The molecule has 21 heavy (non-hydrogen) atoms. The van der Waals surface area contributed by atoms with E-state index in [-0.39, 0.29) is 12.5 Å². The molecule has 0 radical (unpaired) electrons. The van der Waals surface area contributed by atoms with E-state index >= 15 is 0 Å². The highest BCUT2D eigenvalue weighted by Gasteiger charge is 2.36. The van der Waals surface area contributed by atoms with Crippen molar-refractivity contribution < 1.29 is 14.7 Å². The lowest BCUT2D eigenvalue weighted by molar-refractivity contribution is -0.131. The topological polar surface area (TPSA) is 92.4 Å². The number of carbonyl (C=O) groups is 2. The third-order valence-electron chi connectivity index (χ3n) is 3.58. The number of benzene rings is 1. The molecule has 5 heteroatoms. The molecule has 1 aromatic rings. The van der Waals surface area contributed by atoms with Crippen molar-refractivity contribution in [1.29, 1.82) is 0 Å².